The molecule has 0 aliphatic carbocycles. The van der Waals surface area contributed by atoms with E-state index >= 15 is 0 Å². The van der Waals surface area contributed by atoms with E-state index in [2.05, 4.69) is 10.2 Å². The lowest BCUT2D eigenvalue weighted by atomic mass is 9.83. The summed E-state index contributed by atoms with van der Waals surface area (Å²) in [7, 11) is -1.37. The normalized spacial score (nSPS) is 17.9. The van der Waals surface area contributed by atoms with Gasteiger partial charge in [-0.15, -0.1) is 0 Å². The third-order valence-corrected chi connectivity index (χ3v) is 9.70. The largest absolute Gasteiger partial charge is 0.437 e. The number of aliphatic hydroxyl groups is 1. The molecular weight excluding hydrogens is 761 g/mol. The summed E-state index contributed by atoms with van der Waals surface area (Å²) >= 11 is 12.4. The average Bonchev–Trinajstić information content (AvgIpc) is 3.12. The number of aliphatic hydroxyl groups excluding tert-OH is 1. The van der Waals surface area contributed by atoms with E-state index in [1.165, 1.54) is 12.4 Å². The monoisotopic (exact) mass is 794 g/mol. The van der Waals surface area contributed by atoms with E-state index in [9.17, 15) is 47.1 Å². The lowest BCUT2D eigenvalue weighted by molar-refractivity contribution is -0.109. The molecule has 3 N–H and O–H groups in total. The van der Waals surface area contributed by atoms with E-state index in [0.29, 0.717) is 56.8 Å². The van der Waals surface area contributed by atoms with Crippen LogP contribution in [0.25, 0.3) is 11.4 Å². The van der Waals surface area contributed by atoms with Gasteiger partial charge in [-0.1, -0.05) is 23.2 Å². The third-order valence-electron chi connectivity index (χ3n) is 8.99. The topological polar surface area (TPSA) is 160 Å². The Morgan fingerprint density at radius 2 is 1.13 bits per heavy atom. The third kappa shape index (κ3) is 8.97. The Morgan fingerprint density at radius 3 is 1.54 bits per heavy atom. The van der Waals surface area contributed by atoms with Crippen molar-refractivity contribution in [2.24, 2.45) is 0 Å². The van der Waals surface area contributed by atoms with Crippen LogP contribution in [0.4, 0.5) is 28.9 Å². The molecule has 54 heavy (non-hydrogen) atoms. The Morgan fingerprint density at radius 1 is 0.722 bits per heavy atom. The number of aldehydes is 1. The van der Waals surface area contributed by atoms with Gasteiger partial charge in [-0.25, -0.2) is 17.6 Å². The highest BCUT2D eigenvalue weighted by molar-refractivity contribution is 6.45. The second-order valence-electron chi connectivity index (χ2n) is 12.6. The summed E-state index contributed by atoms with van der Waals surface area (Å²) in [5.41, 5.74) is -1.10. The Labute approximate surface area is 316 Å². The number of hydrogen-bond donors (Lipinski definition) is 3. The Balaban J connectivity index is 0.000000208. The average molecular weight is 795 g/mol. The summed E-state index contributed by atoms with van der Waals surface area (Å²) in [5.74, 6) is -3.38. The number of carbonyl (C=O) groups excluding carboxylic acids is 1. The zero-order chi connectivity index (χ0) is 39.4. The van der Waals surface area contributed by atoms with Gasteiger partial charge in [0.05, 0.1) is 53.8 Å². The van der Waals surface area contributed by atoms with E-state index in [0.717, 1.165) is 33.6 Å². The molecule has 2 atom stereocenters. The van der Waals surface area contributed by atoms with E-state index in [1.807, 2.05) is 0 Å². The molecule has 2 saturated heterocycles. The molecular formula is C32H34B2Cl2F4N8O6. The SMILES string of the molecule is CB(O)N1CCN(c2cnn(-c3cc(F)cc(F)c3)c(=O)c2Cl)C(C=O)C1.CB(O)N1CCN(c2cnn(-c3cc(F)cc(F)c3)c(=O)c2Cl)C(CO)C1. The predicted molar refractivity (Wildman–Crippen MR) is 196 cm³/mol. The van der Waals surface area contributed by atoms with E-state index in [1.54, 1.807) is 33.1 Å². The lowest BCUT2D eigenvalue weighted by Crippen LogP contribution is -2.58. The van der Waals surface area contributed by atoms with Crippen molar-refractivity contribution < 1.29 is 37.5 Å². The minimum absolute atomic E-state index is 0.0800. The number of hydrogen-bond acceptors (Lipinski definition) is 12. The zero-order valence-corrected chi connectivity index (χ0v) is 30.4. The Kier molecular flexibility index (Phi) is 13.2. The van der Waals surface area contributed by atoms with Crippen LogP contribution in [0, 0.1) is 23.3 Å². The van der Waals surface area contributed by atoms with Crippen molar-refractivity contribution >= 4 is 55.0 Å². The Bertz CT molecular complexity index is 2080. The van der Waals surface area contributed by atoms with Gasteiger partial charge in [0.25, 0.3) is 11.1 Å². The molecule has 2 fully saturated rings. The standard InChI is InChI=1S/C16H18BClF2N4O3.C16H16BClF2N4O3/c2*1-17(27)22-2-3-23(13(8-22)9-25)14-7-21-24(16(26)15(14)18)12-5-10(19)4-11(20)6-12/h4-7,13,25,27H,2-3,8-9H2,1H3;4-7,9,13,27H,2-3,8H2,1H3. The van der Waals surface area contributed by atoms with Crippen molar-refractivity contribution in [3.8, 4) is 11.4 Å². The molecule has 14 nitrogen and oxygen atoms in total. The van der Waals surface area contributed by atoms with E-state index in [4.69, 9.17) is 23.2 Å². The highest BCUT2D eigenvalue weighted by atomic mass is 35.5. The molecule has 286 valence electrons. The van der Waals surface area contributed by atoms with Crippen LogP contribution in [0.3, 0.4) is 0 Å². The molecule has 0 saturated carbocycles. The first kappa shape index (κ1) is 40.9. The highest BCUT2D eigenvalue weighted by Gasteiger charge is 2.33. The number of anilines is 2. The maximum atomic E-state index is 13.4. The summed E-state index contributed by atoms with van der Waals surface area (Å²) in [6.07, 6.45) is 3.31. The molecule has 2 aliphatic heterocycles. The van der Waals surface area contributed by atoms with Gasteiger partial charge in [-0.3, -0.25) is 9.59 Å². The quantitative estimate of drug-likeness (QED) is 0.135. The number of benzene rings is 2. The van der Waals surface area contributed by atoms with Crippen molar-refractivity contribution in [3.05, 3.63) is 103 Å². The van der Waals surface area contributed by atoms with Gasteiger partial charge in [0.2, 0.25) is 0 Å². The Hall–Kier alpha value is -4.30. The van der Waals surface area contributed by atoms with E-state index in [-0.39, 0.29) is 40.3 Å². The van der Waals surface area contributed by atoms with Gasteiger partial charge in [-0.05, 0) is 37.9 Å². The molecule has 0 radical (unpaired) electrons. The minimum Gasteiger partial charge on any atom is -0.437 e. The van der Waals surface area contributed by atoms with Crippen LogP contribution in [-0.2, 0) is 4.79 Å². The summed E-state index contributed by atoms with van der Waals surface area (Å²) in [4.78, 5) is 43.5. The van der Waals surface area contributed by atoms with Crippen LogP contribution in [0.5, 0.6) is 0 Å². The van der Waals surface area contributed by atoms with Crippen LogP contribution in [0.15, 0.2) is 58.4 Å². The summed E-state index contributed by atoms with van der Waals surface area (Å²) in [6.45, 7) is 5.38. The van der Waals surface area contributed by atoms with Crippen LogP contribution in [0.1, 0.15) is 0 Å². The lowest BCUT2D eigenvalue weighted by Gasteiger charge is -2.42. The number of aromatic nitrogens is 4. The fraction of sp³-hybridized carbons (Fsp3) is 0.344. The fourth-order valence-electron chi connectivity index (χ4n) is 6.22. The number of carbonyl (C=O) groups is 1. The molecule has 4 heterocycles. The molecule has 2 unspecified atom stereocenters. The fourth-order valence-corrected chi connectivity index (χ4v) is 6.69. The first-order chi connectivity index (χ1) is 25.6. The van der Waals surface area contributed by atoms with Crippen molar-refractivity contribution in [3.63, 3.8) is 0 Å². The second-order valence-corrected chi connectivity index (χ2v) is 13.3. The van der Waals surface area contributed by atoms with Crippen molar-refractivity contribution in [1.29, 1.82) is 0 Å². The van der Waals surface area contributed by atoms with Crippen LogP contribution < -0.4 is 20.9 Å². The first-order valence-corrected chi connectivity index (χ1v) is 17.3. The van der Waals surface area contributed by atoms with Crippen molar-refractivity contribution in [2.75, 3.05) is 55.7 Å². The number of nitrogens with zero attached hydrogens (tertiary/aromatic N) is 8. The maximum Gasteiger partial charge on any atom is 0.376 e. The molecule has 6 rings (SSSR count). The minimum atomic E-state index is -0.853. The van der Waals surface area contributed by atoms with Gasteiger partial charge in [0.15, 0.2) is 0 Å². The van der Waals surface area contributed by atoms with E-state index < -0.39 is 60.6 Å². The number of halogens is 6. The molecule has 22 heteroatoms. The molecule has 0 amide bonds. The van der Waals surface area contributed by atoms with Gasteiger partial charge < -0.3 is 39.4 Å². The summed E-state index contributed by atoms with van der Waals surface area (Å²) < 4.78 is 55.3. The number of piperazine rings is 2. The second kappa shape index (κ2) is 17.4. The van der Waals surface area contributed by atoms with Gasteiger partial charge >= 0.3 is 14.1 Å². The van der Waals surface area contributed by atoms with Crippen molar-refractivity contribution in [1.82, 2.24) is 29.2 Å². The highest BCUT2D eigenvalue weighted by Crippen LogP contribution is 2.28. The van der Waals surface area contributed by atoms with Crippen molar-refractivity contribution in [2.45, 2.75) is 25.7 Å². The molecule has 4 aromatic rings. The predicted octanol–water partition coefficient (Wildman–Crippen LogP) is 1.72. The zero-order valence-electron chi connectivity index (χ0n) is 28.9. The first-order valence-electron chi connectivity index (χ1n) is 16.6. The molecule has 0 bridgehead atoms. The van der Waals surface area contributed by atoms with Crippen LogP contribution in [-0.4, -0.2) is 123 Å². The van der Waals surface area contributed by atoms with Gasteiger partial charge in [0.1, 0.15) is 39.6 Å². The summed E-state index contributed by atoms with van der Waals surface area (Å²) in [6, 6.07) is 4.23. The van der Waals surface area contributed by atoms with Gasteiger partial charge in [0, 0.05) is 51.4 Å². The number of rotatable bonds is 8. The summed E-state index contributed by atoms with van der Waals surface area (Å²) in [5, 5.41) is 36.7. The molecule has 2 aromatic heterocycles. The molecule has 2 aliphatic rings. The van der Waals surface area contributed by atoms with Gasteiger partial charge in [-0.2, -0.15) is 19.6 Å². The van der Waals surface area contributed by atoms with Crippen LogP contribution >= 0.6 is 23.2 Å². The maximum absolute atomic E-state index is 13.4. The molecule has 0 spiro atoms. The molecule has 2 aromatic carbocycles. The van der Waals surface area contributed by atoms with Crippen LogP contribution in [0.2, 0.25) is 23.7 Å². The smallest absolute Gasteiger partial charge is 0.376 e.